The summed E-state index contributed by atoms with van der Waals surface area (Å²) in [5.41, 5.74) is 3.59. The van der Waals surface area contributed by atoms with Gasteiger partial charge in [-0.3, -0.25) is 0 Å². The van der Waals surface area contributed by atoms with Gasteiger partial charge in [0.05, 0.1) is 6.10 Å². The summed E-state index contributed by atoms with van der Waals surface area (Å²) in [6.45, 7) is 5.96. The molecule has 1 aliphatic heterocycles. The molecule has 3 heteroatoms. The fraction of sp³-hybridized carbons (Fsp3) is 0.429. The molecular formula is C14H18BrNO. The van der Waals surface area contributed by atoms with Crippen molar-refractivity contribution in [3.63, 3.8) is 0 Å². The molecule has 1 aromatic rings. The van der Waals surface area contributed by atoms with Gasteiger partial charge in [0.2, 0.25) is 0 Å². The Morgan fingerprint density at radius 2 is 2.18 bits per heavy atom. The van der Waals surface area contributed by atoms with Crippen molar-refractivity contribution in [2.45, 2.75) is 26.4 Å². The summed E-state index contributed by atoms with van der Waals surface area (Å²) in [4.78, 5) is 2.32. The Balaban J connectivity index is 2.32. The van der Waals surface area contributed by atoms with Gasteiger partial charge in [-0.25, -0.2) is 0 Å². The van der Waals surface area contributed by atoms with E-state index in [2.05, 4.69) is 39.9 Å². The number of hydrogen-bond acceptors (Lipinski definition) is 2. The normalized spacial score (nSPS) is 17.9. The molecule has 1 N–H and O–H groups in total. The monoisotopic (exact) mass is 295 g/mol. The molecule has 0 saturated heterocycles. The highest BCUT2D eigenvalue weighted by atomic mass is 79.9. The number of aliphatic hydroxyl groups excluding tert-OH is 1. The summed E-state index contributed by atoms with van der Waals surface area (Å²) >= 11 is 3.46. The molecular weight excluding hydrogens is 278 g/mol. The van der Waals surface area contributed by atoms with Gasteiger partial charge in [0.1, 0.15) is 0 Å². The second-order valence-electron chi connectivity index (χ2n) is 4.63. The van der Waals surface area contributed by atoms with Crippen LogP contribution in [0.1, 0.15) is 31.9 Å². The van der Waals surface area contributed by atoms with Crippen LogP contribution in [0.4, 0.5) is 5.69 Å². The third-order valence-corrected chi connectivity index (χ3v) is 3.71. The van der Waals surface area contributed by atoms with Crippen LogP contribution in [-0.2, 0) is 0 Å². The van der Waals surface area contributed by atoms with Gasteiger partial charge in [0.25, 0.3) is 0 Å². The first kappa shape index (κ1) is 12.7. The number of halogens is 1. The lowest BCUT2D eigenvalue weighted by Gasteiger charge is -2.30. The van der Waals surface area contributed by atoms with Crippen molar-refractivity contribution in [2.75, 3.05) is 18.0 Å². The predicted octanol–water partition coefficient (Wildman–Crippen LogP) is 3.66. The van der Waals surface area contributed by atoms with E-state index >= 15 is 0 Å². The number of benzene rings is 1. The second-order valence-corrected chi connectivity index (χ2v) is 5.54. The van der Waals surface area contributed by atoms with Crippen LogP contribution in [0.5, 0.6) is 0 Å². The van der Waals surface area contributed by atoms with E-state index in [1.807, 2.05) is 19.1 Å². The van der Waals surface area contributed by atoms with Crippen molar-refractivity contribution < 1.29 is 5.11 Å². The molecule has 0 fully saturated rings. The standard InChI is InChI=1S/C14H18BrNO/c1-10-5-7-16(8-6-10)14-4-3-12(15)9-13(14)11(2)17/h3-5,9,11,17H,6-8H2,1-2H3. The van der Waals surface area contributed by atoms with Gasteiger partial charge < -0.3 is 10.0 Å². The first-order valence-electron chi connectivity index (χ1n) is 5.96. The van der Waals surface area contributed by atoms with Crippen molar-refractivity contribution in [1.29, 1.82) is 0 Å². The highest BCUT2D eigenvalue weighted by molar-refractivity contribution is 9.10. The number of rotatable bonds is 2. The van der Waals surface area contributed by atoms with Crippen molar-refractivity contribution in [2.24, 2.45) is 0 Å². The SMILES string of the molecule is CC1=CCN(c2ccc(Br)cc2C(C)O)CC1. The number of aliphatic hydroxyl groups is 1. The van der Waals surface area contributed by atoms with E-state index in [9.17, 15) is 5.11 Å². The van der Waals surface area contributed by atoms with Crippen molar-refractivity contribution in [3.05, 3.63) is 39.9 Å². The third-order valence-electron chi connectivity index (χ3n) is 3.22. The number of anilines is 1. The second kappa shape index (κ2) is 5.23. The molecule has 92 valence electrons. The van der Waals surface area contributed by atoms with Gasteiger partial charge in [0, 0.05) is 28.8 Å². The molecule has 0 aromatic heterocycles. The van der Waals surface area contributed by atoms with Gasteiger partial charge >= 0.3 is 0 Å². The maximum Gasteiger partial charge on any atom is 0.0782 e. The van der Waals surface area contributed by atoms with Gasteiger partial charge in [-0.15, -0.1) is 0 Å². The zero-order valence-corrected chi connectivity index (χ0v) is 11.9. The molecule has 0 amide bonds. The molecule has 0 saturated carbocycles. The third kappa shape index (κ3) is 2.90. The van der Waals surface area contributed by atoms with Gasteiger partial charge in [0.15, 0.2) is 0 Å². The molecule has 0 bridgehead atoms. The van der Waals surface area contributed by atoms with Crippen LogP contribution in [-0.4, -0.2) is 18.2 Å². The van der Waals surface area contributed by atoms with E-state index in [1.165, 1.54) is 5.57 Å². The zero-order chi connectivity index (χ0) is 12.4. The molecule has 17 heavy (non-hydrogen) atoms. The van der Waals surface area contributed by atoms with E-state index in [-0.39, 0.29) is 0 Å². The highest BCUT2D eigenvalue weighted by Gasteiger charge is 2.16. The maximum absolute atomic E-state index is 9.85. The summed E-state index contributed by atoms with van der Waals surface area (Å²) in [5, 5.41) is 9.85. The predicted molar refractivity (Wildman–Crippen MR) is 75.4 cm³/mol. The minimum atomic E-state index is -0.436. The molecule has 0 aliphatic carbocycles. The lowest BCUT2D eigenvalue weighted by atomic mass is 10.0. The molecule has 1 heterocycles. The Morgan fingerprint density at radius 3 is 2.76 bits per heavy atom. The Kier molecular flexibility index (Phi) is 3.89. The van der Waals surface area contributed by atoms with Gasteiger partial charge in [-0.1, -0.05) is 27.6 Å². The number of nitrogens with zero attached hydrogens (tertiary/aromatic N) is 1. The van der Waals surface area contributed by atoms with Crippen molar-refractivity contribution in [3.8, 4) is 0 Å². The molecule has 0 spiro atoms. The quantitative estimate of drug-likeness (QED) is 0.842. The summed E-state index contributed by atoms with van der Waals surface area (Å²) in [6.07, 6.45) is 2.93. The molecule has 1 unspecified atom stereocenters. The van der Waals surface area contributed by atoms with E-state index < -0.39 is 6.10 Å². The van der Waals surface area contributed by atoms with E-state index in [1.54, 1.807) is 0 Å². The van der Waals surface area contributed by atoms with Gasteiger partial charge in [-0.2, -0.15) is 0 Å². The molecule has 1 atom stereocenters. The first-order valence-corrected chi connectivity index (χ1v) is 6.75. The fourth-order valence-corrected chi connectivity index (χ4v) is 2.52. The highest BCUT2D eigenvalue weighted by Crippen LogP contribution is 2.31. The van der Waals surface area contributed by atoms with Crippen LogP contribution in [0.3, 0.4) is 0 Å². The summed E-state index contributed by atoms with van der Waals surface area (Å²) in [7, 11) is 0. The molecule has 0 radical (unpaired) electrons. The maximum atomic E-state index is 9.85. The summed E-state index contributed by atoms with van der Waals surface area (Å²) in [6, 6.07) is 6.12. The fourth-order valence-electron chi connectivity index (χ4n) is 2.14. The van der Waals surface area contributed by atoms with Crippen LogP contribution in [0.15, 0.2) is 34.3 Å². The Bertz CT molecular complexity index is 440. The zero-order valence-electron chi connectivity index (χ0n) is 10.3. The van der Waals surface area contributed by atoms with Crippen LogP contribution in [0.25, 0.3) is 0 Å². The minimum absolute atomic E-state index is 0.436. The summed E-state index contributed by atoms with van der Waals surface area (Å²) < 4.78 is 1.01. The largest absolute Gasteiger partial charge is 0.389 e. The van der Waals surface area contributed by atoms with Crippen LogP contribution < -0.4 is 4.90 Å². The van der Waals surface area contributed by atoms with Crippen LogP contribution in [0.2, 0.25) is 0 Å². The van der Waals surface area contributed by atoms with E-state index in [4.69, 9.17) is 0 Å². The lowest BCUT2D eigenvalue weighted by Crippen LogP contribution is -2.29. The molecule has 1 aliphatic rings. The Labute approximate surface area is 111 Å². The molecule has 2 nitrogen and oxygen atoms in total. The van der Waals surface area contributed by atoms with E-state index in [0.29, 0.717) is 0 Å². The first-order chi connectivity index (χ1) is 8.08. The number of hydrogen-bond donors (Lipinski definition) is 1. The van der Waals surface area contributed by atoms with Crippen LogP contribution in [0, 0.1) is 0 Å². The minimum Gasteiger partial charge on any atom is -0.389 e. The van der Waals surface area contributed by atoms with E-state index in [0.717, 1.165) is 35.2 Å². The lowest BCUT2D eigenvalue weighted by molar-refractivity contribution is 0.199. The molecule has 1 aromatic carbocycles. The van der Waals surface area contributed by atoms with Crippen LogP contribution >= 0.6 is 15.9 Å². The Hall–Kier alpha value is -0.800. The topological polar surface area (TPSA) is 23.5 Å². The Morgan fingerprint density at radius 1 is 1.41 bits per heavy atom. The smallest absolute Gasteiger partial charge is 0.0782 e. The average Bonchev–Trinajstić information content (AvgIpc) is 2.30. The van der Waals surface area contributed by atoms with Gasteiger partial charge in [-0.05, 0) is 38.5 Å². The average molecular weight is 296 g/mol. The van der Waals surface area contributed by atoms with Crippen molar-refractivity contribution >= 4 is 21.6 Å². The molecule has 2 rings (SSSR count). The van der Waals surface area contributed by atoms with Crippen molar-refractivity contribution in [1.82, 2.24) is 0 Å². The summed E-state index contributed by atoms with van der Waals surface area (Å²) in [5.74, 6) is 0.